The first-order valence-electron chi connectivity index (χ1n) is 6.06. The van der Waals surface area contributed by atoms with Gasteiger partial charge in [0.15, 0.2) is 0 Å². The van der Waals surface area contributed by atoms with Crippen molar-refractivity contribution in [2.45, 2.75) is 11.8 Å². The number of hydrogen-bond donors (Lipinski definition) is 2. The van der Waals surface area contributed by atoms with Gasteiger partial charge < -0.3 is 10.5 Å². The van der Waals surface area contributed by atoms with Crippen LogP contribution in [-0.2, 0) is 10.0 Å². The van der Waals surface area contributed by atoms with Crippen molar-refractivity contribution in [3.8, 4) is 5.75 Å². The number of hydrogen-bond acceptors (Lipinski definition) is 4. The summed E-state index contributed by atoms with van der Waals surface area (Å²) in [6, 6.07) is 8.42. The molecule has 3 N–H and O–H groups in total. The maximum Gasteiger partial charge on any atom is 0.265 e. The van der Waals surface area contributed by atoms with Crippen molar-refractivity contribution in [3.63, 3.8) is 0 Å². The van der Waals surface area contributed by atoms with Gasteiger partial charge in [0.05, 0.1) is 18.5 Å². The number of halogens is 1. The van der Waals surface area contributed by atoms with Crippen molar-refractivity contribution in [1.82, 2.24) is 0 Å². The summed E-state index contributed by atoms with van der Waals surface area (Å²) in [6.45, 7) is 1.77. The predicted octanol–water partition coefficient (Wildman–Crippen LogP) is 2.53. The number of methoxy groups -OCH3 is 1. The van der Waals surface area contributed by atoms with E-state index in [2.05, 4.69) is 4.72 Å². The summed E-state index contributed by atoms with van der Waals surface area (Å²) in [6.07, 6.45) is 0. The Balaban J connectivity index is 2.42. The van der Waals surface area contributed by atoms with Crippen molar-refractivity contribution in [3.05, 3.63) is 47.8 Å². The molecule has 0 bridgehead atoms. The van der Waals surface area contributed by atoms with Gasteiger partial charge in [-0.2, -0.15) is 0 Å². The molecule has 0 aliphatic carbocycles. The van der Waals surface area contributed by atoms with Crippen LogP contribution in [0.15, 0.2) is 41.3 Å². The third kappa shape index (κ3) is 3.25. The first-order valence-corrected chi connectivity index (χ1v) is 7.54. The van der Waals surface area contributed by atoms with E-state index >= 15 is 0 Å². The van der Waals surface area contributed by atoms with Crippen molar-refractivity contribution >= 4 is 21.4 Å². The second kappa shape index (κ2) is 5.61. The fraction of sp³-hybridized carbons (Fsp3) is 0.143. The van der Waals surface area contributed by atoms with Gasteiger partial charge in [-0.3, -0.25) is 4.72 Å². The first-order chi connectivity index (χ1) is 9.83. The Morgan fingerprint density at radius 2 is 1.90 bits per heavy atom. The summed E-state index contributed by atoms with van der Waals surface area (Å²) < 4.78 is 45.3. The molecule has 0 spiro atoms. The lowest BCUT2D eigenvalue weighted by molar-refractivity contribution is 0.402. The highest BCUT2D eigenvalue weighted by Crippen LogP contribution is 2.27. The highest BCUT2D eigenvalue weighted by molar-refractivity contribution is 7.92. The van der Waals surface area contributed by atoms with E-state index in [1.165, 1.54) is 25.3 Å². The molecule has 0 aliphatic rings. The molecule has 112 valence electrons. The van der Waals surface area contributed by atoms with Gasteiger partial charge in [-0.15, -0.1) is 0 Å². The lowest BCUT2D eigenvalue weighted by Crippen LogP contribution is -2.14. The Hall–Kier alpha value is -2.28. The SMILES string of the molecule is COc1ccc(C)cc1S(=O)(=O)Nc1ccc(F)c(N)c1. The molecule has 0 amide bonds. The average molecular weight is 310 g/mol. The summed E-state index contributed by atoms with van der Waals surface area (Å²) in [5, 5.41) is 0. The second-order valence-corrected chi connectivity index (χ2v) is 6.15. The van der Waals surface area contributed by atoms with Crippen LogP contribution in [0.5, 0.6) is 5.75 Å². The molecule has 7 heteroatoms. The van der Waals surface area contributed by atoms with Gasteiger partial charge >= 0.3 is 0 Å². The van der Waals surface area contributed by atoms with Crippen LogP contribution in [0.25, 0.3) is 0 Å². The van der Waals surface area contributed by atoms with Crippen molar-refractivity contribution in [2.24, 2.45) is 0 Å². The Morgan fingerprint density at radius 3 is 2.52 bits per heavy atom. The minimum absolute atomic E-state index is 0.00731. The number of nitrogens with two attached hydrogens (primary N) is 1. The second-order valence-electron chi connectivity index (χ2n) is 4.50. The minimum atomic E-state index is -3.86. The summed E-state index contributed by atoms with van der Waals surface area (Å²) in [4.78, 5) is 0.00731. The number of sulfonamides is 1. The molecule has 0 saturated heterocycles. The zero-order valence-corrected chi connectivity index (χ0v) is 12.4. The number of nitrogens with one attached hydrogen (secondary N) is 1. The van der Waals surface area contributed by atoms with Crippen LogP contribution in [0, 0.1) is 12.7 Å². The number of rotatable bonds is 4. The molecule has 0 atom stereocenters. The fourth-order valence-corrected chi connectivity index (χ4v) is 3.12. The van der Waals surface area contributed by atoms with Crippen LogP contribution in [0.1, 0.15) is 5.56 Å². The Bertz CT molecular complexity index is 776. The van der Waals surface area contributed by atoms with E-state index in [1.54, 1.807) is 19.1 Å². The third-order valence-electron chi connectivity index (χ3n) is 2.86. The smallest absolute Gasteiger partial charge is 0.265 e. The number of benzene rings is 2. The van der Waals surface area contributed by atoms with Crippen molar-refractivity contribution < 1.29 is 17.5 Å². The van der Waals surface area contributed by atoms with Crippen LogP contribution in [0.2, 0.25) is 0 Å². The van der Waals surface area contributed by atoms with Crippen molar-refractivity contribution in [2.75, 3.05) is 17.6 Å². The zero-order valence-electron chi connectivity index (χ0n) is 11.6. The fourth-order valence-electron chi connectivity index (χ4n) is 1.81. The molecule has 0 radical (unpaired) electrons. The van der Waals surface area contributed by atoms with E-state index in [-0.39, 0.29) is 22.0 Å². The van der Waals surface area contributed by atoms with E-state index in [0.717, 1.165) is 11.6 Å². The van der Waals surface area contributed by atoms with Crippen LogP contribution in [-0.4, -0.2) is 15.5 Å². The van der Waals surface area contributed by atoms with Gasteiger partial charge in [-0.1, -0.05) is 6.07 Å². The number of aryl methyl sites for hydroxylation is 1. The topological polar surface area (TPSA) is 81.4 Å². The molecule has 0 unspecified atom stereocenters. The molecular weight excluding hydrogens is 295 g/mol. The maximum atomic E-state index is 13.1. The normalized spacial score (nSPS) is 11.2. The van der Waals surface area contributed by atoms with E-state index in [0.29, 0.717) is 0 Å². The summed E-state index contributed by atoms with van der Waals surface area (Å²) in [7, 11) is -2.47. The molecule has 0 aliphatic heterocycles. The summed E-state index contributed by atoms with van der Waals surface area (Å²) in [5.74, 6) is -0.380. The lowest BCUT2D eigenvalue weighted by Gasteiger charge is -2.12. The van der Waals surface area contributed by atoms with Gasteiger partial charge in [0, 0.05) is 0 Å². The third-order valence-corrected chi connectivity index (χ3v) is 4.26. The minimum Gasteiger partial charge on any atom is -0.495 e. The Morgan fingerprint density at radius 1 is 1.19 bits per heavy atom. The first kappa shape index (κ1) is 15.1. The molecule has 5 nitrogen and oxygen atoms in total. The van der Waals surface area contributed by atoms with E-state index in [9.17, 15) is 12.8 Å². The van der Waals surface area contributed by atoms with Crippen molar-refractivity contribution in [1.29, 1.82) is 0 Å². The van der Waals surface area contributed by atoms with Crippen LogP contribution in [0.4, 0.5) is 15.8 Å². The van der Waals surface area contributed by atoms with Crippen LogP contribution < -0.4 is 15.2 Å². The van der Waals surface area contributed by atoms with Gasteiger partial charge in [-0.05, 0) is 42.8 Å². The predicted molar refractivity (Wildman–Crippen MR) is 79.4 cm³/mol. The molecule has 0 aromatic heterocycles. The maximum absolute atomic E-state index is 13.1. The van der Waals surface area contributed by atoms with Gasteiger partial charge in [0.25, 0.3) is 10.0 Å². The van der Waals surface area contributed by atoms with Gasteiger partial charge in [0.2, 0.25) is 0 Å². The van der Waals surface area contributed by atoms with E-state index in [1.807, 2.05) is 0 Å². The number of nitrogen functional groups attached to an aromatic ring is 1. The average Bonchev–Trinajstić information content (AvgIpc) is 2.42. The highest BCUT2D eigenvalue weighted by atomic mass is 32.2. The largest absolute Gasteiger partial charge is 0.495 e. The monoisotopic (exact) mass is 310 g/mol. The molecule has 0 heterocycles. The van der Waals surface area contributed by atoms with Gasteiger partial charge in [0.1, 0.15) is 16.5 Å². The van der Waals surface area contributed by atoms with E-state index < -0.39 is 15.8 Å². The van der Waals surface area contributed by atoms with Gasteiger partial charge in [-0.25, -0.2) is 12.8 Å². The molecule has 2 aromatic carbocycles. The molecule has 0 fully saturated rings. The van der Waals surface area contributed by atoms with Crippen LogP contribution in [0.3, 0.4) is 0 Å². The number of anilines is 2. The lowest BCUT2D eigenvalue weighted by atomic mass is 10.2. The quantitative estimate of drug-likeness (QED) is 0.850. The summed E-state index contributed by atoms with van der Waals surface area (Å²) >= 11 is 0. The van der Waals surface area contributed by atoms with E-state index in [4.69, 9.17) is 10.5 Å². The number of ether oxygens (including phenoxy) is 1. The standard InChI is InChI=1S/C14H15FN2O3S/c1-9-3-6-13(20-2)14(7-9)21(18,19)17-10-4-5-11(15)12(16)8-10/h3-8,17H,16H2,1-2H3. The summed E-state index contributed by atoms with van der Waals surface area (Å²) in [5.41, 5.74) is 6.24. The molecule has 21 heavy (non-hydrogen) atoms. The Labute approximate surface area is 122 Å². The highest BCUT2D eigenvalue weighted by Gasteiger charge is 2.20. The zero-order chi connectivity index (χ0) is 15.6. The molecular formula is C14H15FN2O3S. The molecule has 0 saturated carbocycles. The molecule has 2 aromatic rings. The molecule has 2 rings (SSSR count). The Kier molecular flexibility index (Phi) is 4.04. The van der Waals surface area contributed by atoms with Crippen LogP contribution >= 0.6 is 0 Å².